The van der Waals surface area contributed by atoms with E-state index in [-0.39, 0.29) is 6.10 Å². The Morgan fingerprint density at radius 3 is 2.64 bits per heavy atom. The van der Waals surface area contributed by atoms with Crippen LogP contribution in [-0.2, 0) is 6.54 Å². The summed E-state index contributed by atoms with van der Waals surface area (Å²) in [4.78, 5) is 15.3. The van der Waals surface area contributed by atoms with Gasteiger partial charge in [0.25, 0.3) is 0 Å². The molecule has 0 spiro atoms. The summed E-state index contributed by atoms with van der Waals surface area (Å²) in [6, 6.07) is 4.16. The third kappa shape index (κ3) is 3.80. The number of nitrogens with zero attached hydrogens (tertiary/aromatic N) is 4. The Hall–Kier alpha value is -2.01. The highest BCUT2D eigenvalue weighted by atomic mass is 16.5. The maximum Gasteiger partial charge on any atom is 0.235 e. The first-order valence-corrected chi connectivity index (χ1v) is 7.79. The number of aryl methyl sites for hydroxylation is 2. The van der Waals surface area contributed by atoms with Crippen LogP contribution in [0.1, 0.15) is 29.8 Å². The van der Waals surface area contributed by atoms with Crippen LogP contribution in [0, 0.1) is 13.8 Å². The molecule has 0 unspecified atom stereocenters. The van der Waals surface area contributed by atoms with Crippen LogP contribution in [0.4, 0.5) is 0 Å². The average Bonchev–Trinajstić information content (AvgIpc) is 2.54. The highest BCUT2D eigenvalue weighted by molar-refractivity contribution is 5.18. The SMILES string of the molecule is Cc1cnc(C)c(OC2CCN(Cc3ccncc3)CC2)n1. The van der Waals surface area contributed by atoms with Crippen molar-refractivity contribution in [2.24, 2.45) is 0 Å². The first kappa shape index (κ1) is 14.9. The molecule has 0 amide bonds. The second-order valence-electron chi connectivity index (χ2n) is 5.85. The minimum Gasteiger partial charge on any atom is -0.473 e. The first-order valence-electron chi connectivity index (χ1n) is 7.79. The van der Waals surface area contributed by atoms with Crippen LogP contribution in [0.3, 0.4) is 0 Å². The zero-order valence-corrected chi connectivity index (χ0v) is 13.2. The number of hydrogen-bond acceptors (Lipinski definition) is 5. The number of aromatic nitrogens is 3. The molecule has 0 atom stereocenters. The van der Waals surface area contributed by atoms with E-state index in [1.54, 1.807) is 6.20 Å². The normalized spacial score (nSPS) is 16.6. The third-order valence-electron chi connectivity index (χ3n) is 4.00. The summed E-state index contributed by atoms with van der Waals surface area (Å²) in [5.74, 6) is 0.688. The van der Waals surface area contributed by atoms with Crippen LogP contribution in [0.2, 0.25) is 0 Å². The van der Waals surface area contributed by atoms with Gasteiger partial charge in [-0.2, -0.15) is 0 Å². The molecule has 5 heteroatoms. The molecule has 116 valence electrons. The third-order valence-corrected chi connectivity index (χ3v) is 4.00. The average molecular weight is 298 g/mol. The Morgan fingerprint density at radius 2 is 1.91 bits per heavy atom. The fourth-order valence-electron chi connectivity index (χ4n) is 2.72. The Kier molecular flexibility index (Phi) is 4.63. The van der Waals surface area contributed by atoms with E-state index < -0.39 is 0 Å². The summed E-state index contributed by atoms with van der Waals surface area (Å²) < 4.78 is 6.06. The standard InChI is InChI=1S/C17H22N4O/c1-13-11-19-14(2)17(20-13)22-16-5-9-21(10-6-16)12-15-3-7-18-8-4-15/h3-4,7-8,11,16H,5-6,9-10,12H2,1-2H3. The molecular formula is C17H22N4O. The lowest BCUT2D eigenvalue weighted by atomic mass is 10.1. The maximum absolute atomic E-state index is 6.06. The van der Waals surface area contributed by atoms with Crippen molar-refractivity contribution in [2.75, 3.05) is 13.1 Å². The molecule has 2 aromatic heterocycles. The van der Waals surface area contributed by atoms with Gasteiger partial charge in [-0.15, -0.1) is 0 Å². The summed E-state index contributed by atoms with van der Waals surface area (Å²) in [5.41, 5.74) is 3.08. The fraction of sp³-hybridized carbons (Fsp3) is 0.471. The monoisotopic (exact) mass is 298 g/mol. The molecule has 0 N–H and O–H groups in total. The van der Waals surface area contributed by atoms with Crippen molar-refractivity contribution in [1.82, 2.24) is 19.9 Å². The van der Waals surface area contributed by atoms with E-state index in [4.69, 9.17) is 4.74 Å². The molecule has 2 aromatic rings. The minimum atomic E-state index is 0.239. The van der Waals surface area contributed by atoms with Gasteiger partial charge >= 0.3 is 0 Å². The van der Waals surface area contributed by atoms with Crippen LogP contribution in [-0.4, -0.2) is 39.0 Å². The first-order chi connectivity index (χ1) is 10.7. The van der Waals surface area contributed by atoms with Gasteiger partial charge in [-0.3, -0.25) is 14.9 Å². The number of piperidine rings is 1. The number of ether oxygens (including phenoxy) is 1. The smallest absolute Gasteiger partial charge is 0.235 e. The van der Waals surface area contributed by atoms with Crippen LogP contribution in [0.25, 0.3) is 0 Å². The van der Waals surface area contributed by atoms with Crippen molar-refractivity contribution in [1.29, 1.82) is 0 Å². The van der Waals surface area contributed by atoms with Crippen LogP contribution in [0.15, 0.2) is 30.7 Å². The van der Waals surface area contributed by atoms with Gasteiger partial charge in [-0.05, 0) is 44.4 Å². The molecule has 0 bridgehead atoms. The van der Waals surface area contributed by atoms with Crippen molar-refractivity contribution in [3.63, 3.8) is 0 Å². The number of rotatable bonds is 4. The lowest BCUT2D eigenvalue weighted by Crippen LogP contribution is -2.38. The van der Waals surface area contributed by atoms with Gasteiger partial charge in [0.15, 0.2) is 0 Å². The number of pyridine rings is 1. The molecule has 5 nitrogen and oxygen atoms in total. The van der Waals surface area contributed by atoms with Crippen molar-refractivity contribution in [3.05, 3.63) is 47.7 Å². The van der Waals surface area contributed by atoms with Gasteiger partial charge in [-0.25, -0.2) is 4.98 Å². The molecule has 1 saturated heterocycles. The fourth-order valence-corrected chi connectivity index (χ4v) is 2.72. The Balaban J connectivity index is 1.52. The van der Waals surface area contributed by atoms with Gasteiger partial charge in [0.05, 0.1) is 11.4 Å². The highest BCUT2D eigenvalue weighted by Crippen LogP contribution is 2.20. The molecular weight excluding hydrogens is 276 g/mol. The predicted molar refractivity (Wildman–Crippen MR) is 84.7 cm³/mol. The van der Waals surface area contributed by atoms with E-state index in [1.165, 1.54) is 5.56 Å². The van der Waals surface area contributed by atoms with E-state index in [1.807, 2.05) is 26.2 Å². The molecule has 0 radical (unpaired) electrons. The minimum absolute atomic E-state index is 0.239. The van der Waals surface area contributed by atoms with Crippen LogP contribution < -0.4 is 4.74 Å². The quantitative estimate of drug-likeness (QED) is 0.868. The van der Waals surface area contributed by atoms with Gasteiger partial charge in [-0.1, -0.05) is 0 Å². The maximum atomic E-state index is 6.06. The summed E-state index contributed by atoms with van der Waals surface area (Å²) in [6.07, 6.45) is 7.78. The van der Waals surface area contributed by atoms with E-state index in [0.29, 0.717) is 5.88 Å². The Labute approximate surface area is 131 Å². The predicted octanol–water partition coefficient (Wildman–Crippen LogP) is 2.53. The lowest BCUT2D eigenvalue weighted by Gasteiger charge is -2.32. The molecule has 22 heavy (non-hydrogen) atoms. The van der Waals surface area contributed by atoms with E-state index in [0.717, 1.165) is 43.9 Å². The lowest BCUT2D eigenvalue weighted by molar-refractivity contribution is 0.0920. The molecule has 3 rings (SSSR count). The summed E-state index contributed by atoms with van der Waals surface area (Å²) >= 11 is 0. The summed E-state index contributed by atoms with van der Waals surface area (Å²) in [5, 5.41) is 0. The molecule has 0 aliphatic carbocycles. The molecule has 0 aromatic carbocycles. The molecule has 3 heterocycles. The van der Waals surface area contributed by atoms with Crippen molar-refractivity contribution >= 4 is 0 Å². The highest BCUT2D eigenvalue weighted by Gasteiger charge is 2.21. The molecule has 1 aliphatic rings. The number of hydrogen-bond donors (Lipinski definition) is 0. The zero-order valence-electron chi connectivity index (χ0n) is 13.2. The van der Waals surface area contributed by atoms with Crippen LogP contribution >= 0.6 is 0 Å². The van der Waals surface area contributed by atoms with Gasteiger partial charge in [0.1, 0.15) is 6.10 Å². The largest absolute Gasteiger partial charge is 0.473 e. The second-order valence-corrected chi connectivity index (χ2v) is 5.85. The second kappa shape index (κ2) is 6.83. The van der Waals surface area contributed by atoms with Crippen molar-refractivity contribution in [2.45, 2.75) is 39.3 Å². The van der Waals surface area contributed by atoms with Gasteiger partial charge in [0.2, 0.25) is 5.88 Å². The topological polar surface area (TPSA) is 51.1 Å². The molecule has 0 saturated carbocycles. The molecule has 1 fully saturated rings. The van der Waals surface area contributed by atoms with E-state index in [2.05, 4.69) is 32.0 Å². The summed E-state index contributed by atoms with van der Waals surface area (Å²) in [7, 11) is 0. The van der Waals surface area contributed by atoms with Gasteiger partial charge in [0, 0.05) is 38.2 Å². The van der Waals surface area contributed by atoms with Crippen molar-refractivity contribution in [3.8, 4) is 5.88 Å². The number of likely N-dealkylation sites (tertiary alicyclic amines) is 1. The Bertz CT molecular complexity index is 609. The van der Waals surface area contributed by atoms with Gasteiger partial charge < -0.3 is 4.74 Å². The van der Waals surface area contributed by atoms with Crippen LogP contribution in [0.5, 0.6) is 5.88 Å². The Morgan fingerprint density at radius 1 is 1.18 bits per heavy atom. The summed E-state index contributed by atoms with van der Waals surface area (Å²) in [6.45, 7) is 6.96. The van der Waals surface area contributed by atoms with E-state index >= 15 is 0 Å². The zero-order chi connectivity index (χ0) is 15.4. The van der Waals surface area contributed by atoms with E-state index in [9.17, 15) is 0 Å². The van der Waals surface area contributed by atoms with Crippen molar-refractivity contribution < 1.29 is 4.74 Å². The molecule has 1 aliphatic heterocycles.